The molecular weight excluding hydrogens is 264 g/mol. The first-order chi connectivity index (χ1) is 10.3. The first kappa shape index (κ1) is 13.7. The molecule has 21 heavy (non-hydrogen) atoms. The van der Waals surface area contributed by atoms with Crippen LogP contribution in [0.1, 0.15) is 36.3 Å². The van der Waals surface area contributed by atoms with Crippen LogP contribution in [0.3, 0.4) is 0 Å². The van der Waals surface area contributed by atoms with Gasteiger partial charge in [0.25, 0.3) is 0 Å². The number of rotatable bonds is 3. The topological polar surface area (TPSA) is 56.5 Å². The Labute approximate surface area is 126 Å². The third-order valence-corrected chi connectivity index (χ3v) is 5.63. The second-order valence-corrected chi connectivity index (χ2v) is 6.79. The molecule has 2 aliphatic heterocycles. The quantitative estimate of drug-likeness (QED) is 0.657. The zero-order chi connectivity index (χ0) is 14.3. The summed E-state index contributed by atoms with van der Waals surface area (Å²) in [5.41, 5.74) is 6.04. The van der Waals surface area contributed by atoms with Gasteiger partial charge < -0.3 is 9.47 Å². The van der Waals surface area contributed by atoms with Crippen molar-refractivity contribution in [3.8, 4) is 0 Å². The summed E-state index contributed by atoms with van der Waals surface area (Å²) in [5.74, 6) is 7.06. The lowest BCUT2D eigenvalue weighted by Gasteiger charge is -2.45. The largest absolute Gasteiger partial charge is 0.378 e. The second kappa shape index (κ2) is 5.36. The molecule has 3 N–H and O–H groups in total. The molecule has 114 valence electrons. The van der Waals surface area contributed by atoms with Crippen molar-refractivity contribution >= 4 is 0 Å². The van der Waals surface area contributed by atoms with Crippen molar-refractivity contribution in [1.29, 1.82) is 0 Å². The Morgan fingerprint density at radius 1 is 1.29 bits per heavy atom. The first-order valence-corrected chi connectivity index (χ1v) is 8.07. The van der Waals surface area contributed by atoms with Gasteiger partial charge >= 0.3 is 0 Å². The fraction of sp³-hybridized carbons (Fsp3) is 0.647. The number of nitrogens with one attached hydrogen (secondary N) is 1. The smallest absolute Gasteiger partial charge is 0.0939 e. The maximum absolute atomic E-state index is 6.06. The molecule has 1 aromatic rings. The molecule has 1 aromatic carbocycles. The molecule has 4 atom stereocenters. The fourth-order valence-electron chi connectivity index (χ4n) is 4.43. The van der Waals surface area contributed by atoms with Crippen LogP contribution in [0.2, 0.25) is 0 Å². The van der Waals surface area contributed by atoms with E-state index in [-0.39, 0.29) is 5.60 Å². The fourth-order valence-corrected chi connectivity index (χ4v) is 4.43. The molecule has 4 heteroatoms. The molecule has 3 aliphatic rings. The molecule has 0 saturated carbocycles. The molecule has 4 rings (SSSR count). The summed E-state index contributed by atoms with van der Waals surface area (Å²) in [6, 6.07) is 9.09. The van der Waals surface area contributed by atoms with E-state index in [1.54, 1.807) is 0 Å². The van der Waals surface area contributed by atoms with Crippen molar-refractivity contribution in [3.63, 3.8) is 0 Å². The summed E-state index contributed by atoms with van der Waals surface area (Å²) in [6.45, 7) is 2.42. The Bertz CT molecular complexity index is 513. The summed E-state index contributed by atoms with van der Waals surface area (Å²) in [7, 11) is 0. The third-order valence-electron chi connectivity index (χ3n) is 5.63. The Morgan fingerprint density at radius 3 is 2.95 bits per heavy atom. The number of hydrogen-bond donors (Lipinski definition) is 2. The summed E-state index contributed by atoms with van der Waals surface area (Å²) in [6.07, 6.45) is 4.34. The van der Waals surface area contributed by atoms with Gasteiger partial charge in [0.05, 0.1) is 12.2 Å². The molecule has 2 saturated heterocycles. The lowest BCUT2D eigenvalue weighted by molar-refractivity contribution is -0.104. The average molecular weight is 288 g/mol. The van der Waals surface area contributed by atoms with E-state index in [1.807, 2.05) is 0 Å². The van der Waals surface area contributed by atoms with Gasteiger partial charge in [-0.1, -0.05) is 24.3 Å². The Hall–Kier alpha value is -0.940. The number of fused-ring (bicyclic) bond motifs is 1. The predicted octanol–water partition coefficient (Wildman–Crippen LogP) is 1.74. The number of ether oxygens (including phenoxy) is 2. The van der Waals surface area contributed by atoms with Crippen molar-refractivity contribution in [2.24, 2.45) is 11.8 Å². The van der Waals surface area contributed by atoms with E-state index in [9.17, 15) is 0 Å². The number of benzene rings is 1. The maximum Gasteiger partial charge on any atom is 0.0939 e. The Balaban J connectivity index is 1.51. The average Bonchev–Trinajstić information content (AvgIpc) is 2.92. The normalized spacial score (nSPS) is 36.2. The summed E-state index contributed by atoms with van der Waals surface area (Å²) in [4.78, 5) is 0. The van der Waals surface area contributed by atoms with Gasteiger partial charge in [0.15, 0.2) is 0 Å². The van der Waals surface area contributed by atoms with Crippen molar-refractivity contribution in [3.05, 3.63) is 35.4 Å². The summed E-state index contributed by atoms with van der Waals surface area (Å²) >= 11 is 0. The highest BCUT2D eigenvalue weighted by Crippen LogP contribution is 2.44. The predicted molar refractivity (Wildman–Crippen MR) is 80.8 cm³/mol. The second-order valence-electron chi connectivity index (χ2n) is 6.79. The number of hydrazine groups is 1. The molecule has 1 spiro atoms. The van der Waals surface area contributed by atoms with Gasteiger partial charge in [0.1, 0.15) is 0 Å². The van der Waals surface area contributed by atoms with E-state index in [4.69, 9.17) is 15.3 Å². The molecular formula is C17H24N2O2. The van der Waals surface area contributed by atoms with Gasteiger partial charge in [-0.25, -0.2) is 0 Å². The minimum absolute atomic E-state index is 0.0404. The van der Waals surface area contributed by atoms with E-state index in [2.05, 4.69) is 29.7 Å². The number of hydrogen-bond acceptors (Lipinski definition) is 4. The van der Waals surface area contributed by atoms with Crippen LogP contribution in [0.5, 0.6) is 0 Å². The monoisotopic (exact) mass is 288 g/mol. The van der Waals surface area contributed by atoms with Gasteiger partial charge in [0, 0.05) is 31.6 Å². The molecule has 0 radical (unpaired) electrons. The standard InChI is InChI=1S/C17H24N2O2/c18-19-16(15-9-12-3-1-2-4-14(12)15)13-5-7-21-17(10-13)6-8-20-11-17/h1-4,13,15-16,19H,5-11,18H2. The molecule has 1 aliphatic carbocycles. The van der Waals surface area contributed by atoms with Crippen LogP contribution in [-0.4, -0.2) is 31.5 Å². The highest BCUT2D eigenvalue weighted by Gasteiger charge is 2.45. The SMILES string of the molecule is NNC(C1CCOC2(CCOC2)C1)C1Cc2ccccc21. The lowest BCUT2D eigenvalue weighted by atomic mass is 9.67. The molecule has 2 heterocycles. The third kappa shape index (κ3) is 2.30. The Morgan fingerprint density at radius 2 is 2.19 bits per heavy atom. The van der Waals surface area contributed by atoms with Crippen LogP contribution < -0.4 is 11.3 Å². The van der Waals surface area contributed by atoms with Gasteiger partial charge in [-0.05, 0) is 36.3 Å². The first-order valence-electron chi connectivity index (χ1n) is 8.07. The van der Waals surface area contributed by atoms with Crippen LogP contribution in [0.25, 0.3) is 0 Å². The van der Waals surface area contributed by atoms with Crippen molar-refractivity contribution in [2.45, 2.75) is 43.2 Å². The van der Waals surface area contributed by atoms with Gasteiger partial charge in [0.2, 0.25) is 0 Å². The zero-order valence-electron chi connectivity index (χ0n) is 12.4. The van der Waals surface area contributed by atoms with E-state index in [0.29, 0.717) is 17.9 Å². The zero-order valence-corrected chi connectivity index (χ0v) is 12.4. The highest BCUT2D eigenvalue weighted by atomic mass is 16.6. The Kier molecular flexibility index (Phi) is 3.50. The molecule has 4 unspecified atom stereocenters. The van der Waals surface area contributed by atoms with Crippen LogP contribution >= 0.6 is 0 Å². The van der Waals surface area contributed by atoms with Gasteiger partial charge in [-0.2, -0.15) is 0 Å². The summed E-state index contributed by atoms with van der Waals surface area (Å²) in [5, 5.41) is 0. The molecule has 0 aromatic heterocycles. The van der Waals surface area contributed by atoms with E-state index in [1.165, 1.54) is 11.1 Å². The van der Waals surface area contributed by atoms with Gasteiger partial charge in [-0.3, -0.25) is 11.3 Å². The minimum atomic E-state index is -0.0404. The molecule has 0 amide bonds. The molecule has 4 nitrogen and oxygen atoms in total. The van der Waals surface area contributed by atoms with Crippen LogP contribution in [0, 0.1) is 5.92 Å². The van der Waals surface area contributed by atoms with Gasteiger partial charge in [-0.15, -0.1) is 0 Å². The molecule has 0 bridgehead atoms. The van der Waals surface area contributed by atoms with Crippen molar-refractivity contribution in [2.75, 3.05) is 19.8 Å². The van der Waals surface area contributed by atoms with Crippen LogP contribution in [-0.2, 0) is 15.9 Å². The van der Waals surface area contributed by atoms with Crippen LogP contribution in [0.4, 0.5) is 0 Å². The lowest BCUT2D eigenvalue weighted by Crippen LogP contribution is -2.53. The minimum Gasteiger partial charge on any atom is -0.378 e. The van der Waals surface area contributed by atoms with E-state index < -0.39 is 0 Å². The maximum atomic E-state index is 6.06. The number of nitrogens with two attached hydrogens (primary N) is 1. The van der Waals surface area contributed by atoms with E-state index in [0.717, 1.165) is 45.5 Å². The van der Waals surface area contributed by atoms with Crippen molar-refractivity contribution < 1.29 is 9.47 Å². The summed E-state index contributed by atoms with van der Waals surface area (Å²) < 4.78 is 11.6. The molecule has 2 fully saturated rings. The highest BCUT2D eigenvalue weighted by molar-refractivity contribution is 5.41. The van der Waals surface area contributed by atoms with E-state index >= 15 is 0 Å². The van der Waals surface area contributed by atoms with Crippen molar-refractivity contribution in [1.82, 2.24) is 5.43 Å². The van der Waals surface area contributed by atoms with Crippen LogP contribution in [0.15, 0.2) is 24.3 Å².